The number of nitrogens with zero attached hydrogens (tertiary/aromatic N) is 2. The van der Waals surface area contributed by atoms with Crippen molar-refractivity contribution in [3.8, 4) is 0 Å². The molecule has 0 radical (unpaired) electrons. The number of carboxylic acid groups (broad SMARTS) is 1. The molecule has 3 amide bonds. The fourth-order valence-electron chi connectivity index (χ4n) is 1.52. The molecule has 0 aromatic carbocycles. The zero-order chi connectivity index (χ0) is 14.8. The number of hydrogen-bond donors (Lipinski definition) is 2. The molecule has 0 atom stereocenters. The molecule has 110 valence electrons. The zero-order valence-electron chi connectivity index (χ0n) is 11.8. The maximum atomic E-state index is 11.8. The first-order valence-corrected chi connectivity index (χ1v) is 6.40. The Hall–Kier alpha value is -1.79. The monoisotopic (exact) mass is 273 g/mol. The number of rotatable bonds is 8. The van der Waals surface area contributed by atoms with Gasteiger partial charge >= 0.3 is 12.0 Å². The summed E-state index contributed by atoms with van der Waals surface area (Å²) in [6.45, 7) is 5.30. The van der Waals surface area contributed by atoms with Crippen molar-refractivity contribution >= 4 is 17.9 Å². The van der Waals surface area contributed by atoms with Crippen LogP contribution in [0.5, 0.6) is 0 Å². The molecule has 0 aliphatic carbocycles. The van der Waals surface area contributed by atoms with Gasteiger partial charge in [0, 0.05) is 33.1 Å². The SMILES string of the molecule is CCN(CC)C(=O)CN(C)C(=O)NCCCC(=O)O. The van der Waals surface area contributed by atoms with Gasteiger partial charge in [-0.05, 0) is 20.3 Å². The van der Waals surface area contributed by atoms with Crippen molar-refractivity contribution in [3.05, 3.63) is 0 Å². The molecular formula is C12H23N3O4. The summed E-state index contributed by atoms with van der Waals surface area (Å²) in [6, 6.07) is -0.370. The molecule has 2 N–H and O–H groups in total. The zero-order valence-corrected chi connectivity index (χ0v) is 11.8. The number of carboxylic acids is 1. The van der Waals surface area contributed by atoms with Gasteiger partial charge in [0.1, 0.15) is 6.54 Å². The third-order valence-electron chi connectivity index (χ3n) is 2.68. The Bertz CT molecular complexity index is 316. The number of nitrogens with one attached hydrogen (secondary N) is 1. The van der Waals surface area contributed by atoms with Gasteiger partial charge in [-0.25, -0.2) is 4.79 Å². The molecule has 0 aromatic rings. The van der Waals surface area contributed by atoms with Crippen molar-refractivity contribution in [2.24, 2.45) is 0 Å². The Morgan fingerprint density at radius 2 is 1.74 bits per heavy atom. The van der Waals surface area contributed by atoms with Crippen molar-refractivity contribution in [1.29, 1.82) is 0 Å². The Labute approximate surface area is 113 Å². The van der Waals surface area contributed by atoms with Crippen LogP contribution >= 0.6 is 0 Å². The lowest BCUT2D eigenvalue weighted by Crippen LogP contribution is -2.45. The number of urea groups is 1. The summed E-state index contributed by atoms with van der Waals surface area (Å²) in [5, 5.41) is 11.0. The van der Waals surface area contributed by atoms with E-state index >= 15 is 0 Å². The molecule has 0 saturated carbocycles. The topological polar surface area (TPSA) is 90.0 Å². The van der Waals surface area contributed by atoms with Crippen LogP contribution in [0.25, 0.3) is 0 Å². The van der Waals surface area contributed by atoms with Crippen molar-refractivity contribution in [2.75, 3.05) is 33.2 Å². The van der Waals surface area contributed by atoms with E-state index in [9.17, 15) is 14.4 Å². The van der Waals surface area contributed by atoms with Gasteiger partial charge in [-0.3, -0.25) is 9.59 Å². The lowest BCUT2D eigenvalue weighted by atomic mass is 10.3. The second kappa shape index (κ2) is 9.18. The van der Waals surface area contributed by atoms with E-state index in [4.69, 9.17) is 5.11 Å². The molecule has 0 aromatic heterocycles. The van der Waals surface area contributed by atoms with Crippen LogP contribution in [0.4, 0.5) is 4.79 Å². The maximum absolute atomic E-state index is 11.8. The van der Waals surface area contributed by atoms with Gasteiger partial charge in [-0.15, -0.1) is 0 Å². The van der Waals surface area contributed by atoms with Crippen molar-refractivity contribution < 1.29 is 19.5 Å². The molecule has 0 spiro atoms. The summed E-state index contributed by atoms with van der Waals surface area (Å²) >= 11 is 0. The summed E-state index contributed by atoms with van der Waals surface area (Å²) in [7, 11) is 1.54. The first-order chi connectivity index (χ1) is 8.92. The highest BCUT2D eigenvalue weighted by Gasteiger charge is 2.15. The third kappa shape index (κ3) is 7.28. The Morgan fingerprint density at radius 1 is 1.16 bits per heavy atom. The van der Waals surface area contributed by atoms with Crippen LogP contribution in [0.3, 0.4) is 0 Å². The molecule has 0 fully saturated rings. The lowest BCUT2D eigenvalue weighted by Gasteiger charge is -2.23. The minimum Gasteiger partial charge on any atom is -0.481 e. The van der Waals surface area contributed by atoms with Crippen LogP contribution in [0.1, 0.15) is 26.7 Å². The predicted octanol–water partition coefficient (Wildman–Crippen LogP) is 0.361. The third-order valence-corrected chi connectivity index (χ3v) is 2.68. The highest BCUT2D eigenvalue weighted by atomic mass is 16.4. The number of aliphatic carboxylic acids is 1. The molecule has 7 nitrogen and oxygen atoms in total. The van der Waals surface area contributed by atoms with Crippen LogP contribution in [-0.4, -0.2) is 66.0 Å². The average molecular weight is 273 g/mol. The van der Waals surface area contributed by atoms with Crippen LogP contribution in [0.2, 0.25) is 0 Å². The number of likely N-dealkylation sites (N-methyl/N-ethyl adjacent to an activating group) is 2. The van der Waals surface area contributed by atoms with Gasteiger partial charge in [0.25, 0.3) is 0 Å². The Balaban J connectivity index is 3.99. The standard InChI is InChI=1S/C12H23N3O4/c1-4-15(5-2)10(16)9-14(3)12(19)13-8-6-7-11(17)18/h4-9H2,1-3H3,(H,13,19)(H,17,18). The first kappa shape index (κ1) is 17.2. The number of hydrogen-bond acceptors (Lipinski definition) is 3. The van der Waals surface area contributed by atoms with E-state index in [1.165, 1.54) is 11.9 Å². The average Bonchev–Trinajstić information content (AvgIpc) is 2.35. The van der Waals surface area contributed by atoms with Crippen molar-refractivity contribution in [3.63, 3.8) is 0 Å². The van der Waals surface area contributed by atoms with Crippen molar-refractivity contribution in [1.82, 2.24) is 15.1 Å². The van der Waals surface area contributed by atoms with E-state index in [1.807, 2.05) is 13.8 Å². The normalized spacial score (nSPS) is 9.84. The van der Waals surface area contributed by atoms with E-state index in [0.29, 0.717) is 19.5 Å². The summed E-state index contributed by atoms with van der Waals surface area (Å²) in [4.78, 5) is 36.6. The van der Waals surface area contributed by atoms with E-state index in [0.717, 1.165) is 0 Å². The second-order valence-corrected chi connectivity index (χ2v) is 4.15. The van der Waals surface area contributed by atoms with E-state index in [1.54, 1.807) is 4.90 Å². The van der Waals surface area contributed by atoms with Crippen LogP contribution < -0.4 is 5.32 Å². The maximum Gasteiger partial charge on any atom is 0.317 e. The highest BCUT2D eigenvalue weighted by Crippen LogP contribution is 1.93. The van der Waals surface area contributed by atoms with Crippen LogP contribution in [-0.2, 0) is 9.59 Å². The largest absolute Gasteiger partial charge is 0.481 e. The fourth-order valence-corrected chi connectivity index (χ4v) is 1.52. The Morgan fingerprint density at radius 3 is 2.21 bits per heavy atom. The predicted molar refractivity (Wildman–Crippen MR) is 70.8 cm³/mol. The summed E-state index contributed by atoms with van der Waals surface area (Å²) in [5.41, 5.74) is 0. The molecule has 0 heterocycles. The molecule has 0 saturated heterocycles. The summed E-state index contributed by atoms with van der Waals surface area (Å²) in [6.07, 6.45) is 0.390. The number of carbonyl (C=O) groups excluding carboxylic acids is 2. The van der Waals surface area contributed by atoms with Gasteiger partial charge in [-0.2, -0.15) is 0 Å². The summed E-state index contributed by atoms with van der Waals surface area (Å²) < 4.78 is 0. The highest BCUT2D eigenvalue weighted by molar-refractivity contribution is 5.83. The molecule has 0 unspecified atom stereocenters. The Kier molecular flexibility index (Phi) is 8.32. The molecule has 0 rings (SSSR count). The van der Waals surface area contributed by atoms with Crippen LogP contribution in [0, 0.1) is 0 Å². The molecule has 0 aliphatic heterocycles. The fraction of sp³-hybridized carbons (Fsp3) is 0.750. The van der Waals surface area contributed by atoms with Gasteiger partial charge in [0.15, 0.2) is 0 Å². The quantitative estimate of drug-likeness (QED) is 0.625. The number of amides is 3. The van der Waals surface area contributed by atoms with Crippen molar-refractivity contribution in [2.45, 2.75) is 26.7 Å². The van der Waals surface area contributed by atoms with E-state index < -0.39 is 5.97 Å². The molecular weight excluding hydrogens is 250 g/mol. The first-order valence-electron chi connectivity index (χ1n) is 6.40. The minimum absolute atomic E-state index is 0.0162. The lowest BCUT2D eigenvalue weighted by molar-refractivity contribution is -0.137. The number of carbonyl (C=O) groups is 3. The molecule has 7 heteroatoms. The van der Waals surface area contributed by atoms with Gasteiger partial charge in [0.2, 0.25) is 5.91 Å². The molecule has 0 bridgehead atoms. The second-order valence-electron chi connectivity index (χ2n) is 4.15. The van der Waals surface area contributed by atoms with E-state index in [2.05, 4.69) is 5.32 Å². The van der Waals surface area contributed by atoms with Gasteiger partial charge in [0.05, 0.1) is 0 Å². The van der Waals surface area contributed by atoms with Crippen LogP contribution in [0.15, 0.2) is 0 Å². The molecule has 0 aliphatic rings. The summed E-state index contributed by atoms with van der Waals surface area (Å²) in [5.74, 6) is -0.993. The molecule has 19 heavy (non-hydrogen) atoms. The minimum atomic E-state index is -0.890. The smallest absolute Gasteiger partial charge is 0.317 e. The van der Waals surface area contributed by atoms with Gasteiger partial charge < -0.3 is 20.2 Å². The van der Waals surface area contributed by atoms with E-state index in [-0.39, 0.29) is 31.4 Å². The van der Waals surface area contributed by atoms with Gasteiger partial charge in [-0.1, -0.05) is 0 Å².